The van der Waals surface area contributed by atoms with Crippen molar-refractivity contribution in [1.29, 1.82) is 0 Å². The number of aliphatic carboxylic acids is 1. The molecule has 1 aliphatic rings. The van der Waals surface area contributed by atoms with Crippen LogP contribution in [0.4, 0.5) is 10.1 Å². The number of piperidine rings is 1. The Morgan fingerprint density at radius 2 is 2.12 bits per heavy atom. The SMILES string of the molecule is CCN(CC(=O)O)C1CCN(Cc2c(F)cccc2[N+](=O)[O-])CC1. The summed E-state index contributed by atoms with van der Waals surface area (Å²) in [5.41, 5.74) is -0.0861. The summed E-state index contributed by atoms with van der Waals surface area (Å²) >= 11 is 0. The molecule has 0 aromatic heterocycles. The fourth-order valence-corrected chi connectivity index (χ4v) is 3.21. The van der Waals surface area contributed by atoms with Gasteiger partial charge in [-0.15, -0.1) is 0 Å². The van der Waals surface area contributed by atoms with Gasteiger partial charge in [-0.2, -0.15) is 0 Å². The van der Waals surface area contributed by atoms with Crippen molar-refractivity contribution in [3.63, 3.8) is 0 Å². The van der Waals surface area contributed by atoms with E-state index in [1.165, 1.54) is 18.2 Å². The van der Waals surface area contributed by atoms with E-state index >= 15 is 0 Å². The Morgan fingerprint density at radius 3 is 2.67 bits per heavy atom. The molecule has 1 aliphatic heterocycles. The molecule has 0 saturated carbocycles. The molecule has 0 radical (unpaired) electrons. The second kappa shape index (κ2) is 8.16. The number of nitro groups is 1. The minimum absolute atomic E-state index is 0.0138. The van der Waals surface area contributed by atoms with Crippen LogP contribution in [0.3, 0.4) is 0 Å². The van der Waals surface area contributed by atoms with E-state index in [4.69, 9.17) is 5.11 Å². The molecule has 0 spiro atoms. The van der Waals surface area contributed by atoms with Gasteiger partial charge in [0.2, 0.25) is 0 Å². The maximum atomic E-state index is 14.0. The molecule has 2 rings (SSSR count). The van der Waals surface area contributed by atoms with Gasteiger partial charge in [0, 0.05) is 18.7 Å². The average Bonchev–Trinajstić information content (AvgIpc) is 2.55. The van der Waals surface area contributed by atoms with Crippen LogP contribution in [0.1, 0.15) is 25.3 Å². The summed E-state index contributed by atoms with van der Waals surface area (Å²) in [5, 5.41) is 20.0. The van der Waals surface area contributed by atoms with Gasteiger partial charge >= 0.3 is 5.97 Å². The van der Waals surface area contributed by atoms with Crippen LogP contribution in [0.2, 0.25) is 0 Å². The predicted molar refractivity (Wildman–Crippen MR) is 86.2 cm³/mol. The Morgan fingerprint density at radius 1 is 1.46 bits per heavy atom. The second-order valence-electron chi connectivity index (χ2n) is 5.96. The smallest absolute Gasteiger partial charge is 0.317 e. The molecule has 1 aromatic rings. The fourth-order valence-electron chi connectivity index (χ4n) is 3.21. The molecular weight excluding hydrogens is 317 g/mol. The van der Waals surface area contributed by atoms with E-state index < -0.39 is 16.7 Å². The van der Waals surface area contributed by atoms with Crippen LogP contribution < -0.4 is 0 Å². The Kier molecular flexibility index (Phi) is 6.22. The lowest BCUT2D eigenvalue weighted by Gasteiger charge is -2.37. The van der Waals surface area contributed by atoms with Gasteiger partial charge in [0.15, 0.2) is 0 Å². The fraction of sp³-hybridized carbons (Fsp3) is 0.562. The van der Waals surface area contributed by atoms with Crippen molar-refractivity contribution in [1.82, 2.24) is 9.80 Å². The zero-order valence-electron chi connectivity index (χ0n) is 13.7. The lowest BCUT2D eigenvalue weighted by molar-refractivity contribution is -0.386. The number of carbonyl (C=O) groups is 1. The summed E-state index contributed by atoms with van der Waals surface area (Å²) in [6, 6.07) is 4.07. The number of likely N-dealkylation sites (tertiary alicyclic amines) is 1. The highest BCUT2D eigenvalue weighted by Gasteiger charge is 2.27. The van der Waals surface area contributed by atoms with E-state index in [-0.39, 0.29) is 30.4 Å². The molecule has 0 amide bonds. The third-order valence-electron chi connectivity index (χ3n) is 4.49. The molecule has 1 saturated heterocycles. The summed E-state index contributed by atoms with van der Waals surface area (Å²) in [6.45, 7) is 4.12. The van der Waals surface area contributed by atoms with Crippen LogP contribution in [0.25, 0.3) is 0 Å². The summed E-state index contributed by atoms with van der Waals surface area (Å²) in [7, 11) is 0. The maximum Gasteiger partial charge on any atom is 0.317 e. The van der Waals surface area contributed by atoms with Gasteiger partial charge in [-0.25, -0.2) is 4.39 Å². The van der Waals surface area contributed by atoms with E-state index in [1.807, 2.05) is 16.7 Å². The monoisotopic (exact) mass is 339 g/mol. The van der Waals surface area contributed by atoms with E-state index in [0.717, 1.165) is 12.8 Å². The minimum atomic E-state index is -0.846. The number of halogens is 1. The van der Waals surface area contributed by atoms with Gasteiger partial charge < -0.3 is 5.11 Å². The third-order valence-corrected chi connectivity index (χ3v) is 4.49. The van der Waals surface area contributed by atoms with Crippen LogP contribution in [0.5, 0.6) is 0 Å². The van der Waals surface area contributed by atoms with Crippen molar-refractivity contribution < 1.29 is 19.2 Å². The van der Waals surface area contributed by atoms with Crippen LogP contribution in [-0.4, -0.2) is 58.0 Å². The van der Waals surface area contributed by atoms with Gasteiger partial charge in [0.05, 0.1) is 17.0 Å². The summed E-state index contributed by atoms with van der Waals surface area (Å²) < 4.78 is 14.0. The van der Waals surface area contributed by atoms with Gasteiger partial charge in [-0.1, -0.05) is 13.0 Å². The number of benzene rings is 1. The predicted octanol–water partition coefficient (Wildman–Crippen LogP) is 2.10. The molecule has 1 aromatic carbocycles. The highest BCUT2D eigenvalue weighted by atomic mass is 19.1. The quantitative estimate of drug-likeness (QED) is 0.605. The van der Waals surface area contributed by atoms with Crippen LogP contribution >= 0.6 is 0 Å². The topological polar surface area (TPSA) is 86.9 Å². The minimum Gasteiger partial charge on any atom is -0.480 e. The molecule has 7 nitrogen and oxygen atoms in total. The lowest BCUT2D eigenvalue weighted by Crippen LogP contribution is -2.46. The van der Waals surface area contributed by atoms with Gasteiger partial charge in [0.1, 0.15) is 5.82 Å². The molecule has 0 aliphatic carbocycles. The summed E-state index contributed by atoms with van der Waals surface area (Å²) in [4.78, 5) is 25.3. The van der Waals surface area contributed by atoms with Crippen molar-refractivity contribution in [2.75, 3.05) is 26.2 Å². The van der Waals surface area contributed by atoms with E-state index in [0.29, 0.717) is 19.6 Å². The third kappa shape index (κ3) is 4.48. The molecule has 8 heteroatoms. The van der Waals surface area contributed by atoms with Gasteiger partial charge in [-0.05, 0) is 38.5 Å². The number of rotatable bonds is 7. The Balaban J connectivity index is 1.99. The van der Waals surface area contributed by atoms with Crippen LogP contribution in [-0.2, 0) is 11.3 Å². The van der Waals surface area contributed by atoms with Crippen molar-refractivity contribution in [2.24, 2.45) is 0 Å². The molecular formula is C16H22FN3O4. The Hall–Kier alpha value is -2.06. The number of nitrogens with zero attached hydrogens (tertiary/aromatic N) is 3. The first-order chi connectivity index (χ1) is 11.4. The summed E-state index contributed by atoms with van der Waals surface area (Å²) in [6.07, 6.45) is 1.53. The first-order valence-electron chi connectivity index (χ1n) is 8.02. The number of hydrogen-bond donors (Lipinski definition) is 1. The molecule has 0 atom stereocenters. The number of likely N-dealkylation sites (N-methyl/N-ethyl adjacent to an activating group) is 1. The molecule has 1 fully saturated rings. The van der Waals surface area contributed by atoms with Crippen molar-refractivity contribution in [3.8, 4) is 0 Å². The standard InChI is InChI=1S/C16H22FN3O4/c1-2-19(11-16(21)22)12-6-8-18(9-7-12)10-13-14(17)4-3-5-15(13)20(23)24/h3-5,12H,2,6-11H2,1H3,(H,21,22). The highest BCUT2D eigenvalue weighted by Crippen LogP contribution is 2.25. The lowest BCUT2D eigenvalue weighted by atomic mass is 10.0. The molecule has 132 valence electrons. The molecule has 0 unspecified atom stereocenters. The number of carboxylic acid groups (broad SMARTS) is 1. The maximum absolute atomic E-state index is 14.0. The average molecular weight is 339 g/mol. The second-order valence-corrected chi connectivity index (χ2v) is 5.96. The molecule has 0 bridgehead atoms. The first-order valence-corrected chi connectivity index (χ1v) is 8.02. The number of hydrogen-bond acceptors (Lipinski definition) is 5. The van der Waals surface area contributed by atoms with Crippen molar-refractivity contribution in [2.45, 2.75) is 32.4 Å². The molecule has 1 heterocycles. The van der Waals surface area contributed by atoms with E-state index in [1.54, 1.807) is 0 Å². The van der Waals surface area contributed by atoms with Gasteiger partial charge in [-0.3, -0.25) is 24.7 Å². The van der Waals surface area contributed by atoms with Crippen LogP contribution in [0.15, 0.2) is 18.2 Å². The largest absolute Gasteiger partial charge is 0.480 e. The number of carboxylic acids is 1. The normalized spacial score (nSPS) is 16.5. The highest BCUT2D eigenvalue weighted by molar-refractivity contribution is 5.69. The Bertz CT molecular complexity index is 603. The van der Waals surface area contributed by atoms with E-state index in [9.17, 15) is 19.3 Å². The number of nitro benzene ring substituents is 1. The van der Waals surface area contributed by atoms with Crippen LogP contribution in [0, 0.1) is 15.9 Å². The molecule has 1 N–H and O–H groups in total. The zero-order chi connectivity index (χ0) is 17.7. The first kappa shape index (κ1) is 18.3. The van der Waals surface area contributed by atoms with Gasteiger partial charge in [0.25, 0.3) is 5.69 Å². The van der Waals surface area contributed by atoms with Crippen molar-refractivity contribution >= 4 is 11.7 Å². The zero-order valence-corrected chi connectivity index (χ0v) is 13.7. The Labute approximate surface area is 139 Å². The van der Waals surface area contributed by atoms with Crippen molar-refractivity contribution in [3.05, 3.63) is 39.7 Å². The van der Waals surface area contributed by atoms with E-state index in [2.05, 4.69) is 0 Å². The molecule has 24 heavy (non-hydrogen) atoms. The summed E-state index contributed by atoms with van der Waals surface area (Å²) in [5.74, 6) is -1.41.